The van der Waals surface area contributed by atoms with Crippen molar-refractivity contribution in [2.24, 2.45) is 0 Å². The van der Waals surface area contributed by atoms with Gasteiger partial charge in [0, 0.05) is 5.69 Å². The zero-order valence-electron chi connectivity index (χ0n) is 11.3. The van der Waals surface area contributed by atoms with Crippen LogP contribution in [-0.2, 0) is 4.79 Å². The minimum atomic E-state index is -0.825. The van der Waals surface area contributed by atoms with E-state index >= 15 is 0 Å². The first-order chi connectivity index (χ1) is 9.19. The van der Waals surface area contributed by atoms with E-state index < -0.39 is 12.0 Å². The zero-order valence-corrected chi connectivity index (χ0v) is 11.3. The topological polar surface area (TPSA) is 58.6 Å². The lowest BCUT2D eigenvalue weighted by molar-refractivity contribution is -0.137. The lowest BCUT2D eigenvalue weighted by atomic mass is 10.2. The van der Waals surface area contributed by atoms with Crippen molar-refractivity contribution < 1.29 is 14.6 Å². The Labute approximate surface area is 113 Å². The van der Waals surface area contributed by atoms with Crippen LogP contribution >= 0.6 is 0 Å². The molecule has 19 heavy (non-hydrogen) atoms. The van der Waals surface area contributed by atoms with E-state index in [2.05, 4.69) is 5.32 Å². The van der Waals surface area contributed by atoms with Crippen LogP contribution in [0.4, 0.5) is 5.69 Å². The summed E-state index contributed by atoms with van der Waals surface area (Å²) in [4.78, 5) is 10.9. The van der Waals surface area contributed by atoms with Gasteiger partial charge in [0.1, 0.15) is 11.8 Å². The van der Waals surface area contributed by atoms with Gasteiger partial charge < -0.3 is 15.2 Å². The average molecular weight is 263 g/mol. The quantitative estimate of drug-likeness (QED) is 0.827. The van der Waals surface area contributed by atoms with E-state index in [0.717, 1.165) is 24.3 Å². The average Bonchev–Trinajstić information content (AvgIpc) is 2.90. The van der Waals surface area contributed by atoms with E-state index in [0.29, 0.717) is 12.5 Å². The fraction of sp³-hybridized carbons (Fsp3) is 0.533. The number of benzene rings is 1. The first-order valence-electron chi connectivity index (χ1n) is 6.95. The summed E-state index contributed by atoms with van der Waals surface area (Å²) < 4.78 is 5.86. The molecule has 1 atom stereocenters. The van der Waals surface area contributed by atoms with Crippen molar-refractivity contribution in [1.82, 2.24) is 0 Å². The Kier molecular flexibility index (Phi) is 4.66. The number of carboxylic acids is 1. The van der Waals surface area contributed by atoms with Crippen molar-refractivity contribution in [3.05, 3.63) is 24.3 Å². The van der Waals surface area contributed by atoms with Crippen molar-refractivity contribution in [3.63, 3.8) is 0 Å². The molecule has 1 unspecified atom stereocenters. The maximum atomic E-state index is 10.9. The number of hydrogen-bond acceptors (Lipinski definition) is 3. The molecule has 4 heteroatoms. The van der Waals surface area contributed by atoms with Gasteiger partial charge in [-0.25, -0.2) is 4.79 Å². The molecular formula is C15H21NO3. The Morgan fingerprint density at radius 1 is 1.37 bits per heavy atom. The number of aliphatic carboxylic acids is 1. The largest absolute Gasteiger partial charge is 0.490 e. The van der Waals surface area contributed by atoms with E-state index in [1.807, 2.05) is 31.2 Å². The number of anilines is 1. The Morgan fingerprint density at radius 3 is 2.53 bits per heavy atom. The van der Waals surface area contributed by atoms with Crippen LogP contribution in [0.1, 0.15) is 39.0 Å². The van der Waals surface area contributed by atoms with Crippen LogP contribution in [0.25, 0.3) is 0 Å². The highest BCUT2D eigenvalue weighted by Crippen LogP contribution is 2.25. The van der Waals surface area contributed by atoms with Gasteiger partial charge in [-0.2, -0.15) is 0 Å². The summed E-state index contributed by atoms with van der Waals surface area (Å²) in [5, 5.41) is 12.0. The highest BCUT2D eigenvalue weighted by Gasteiger charge is 2.17. The first-order valence-corrected chi connectivity index (χ1v) is 6.95. The second-order valence-electron chi connectivity index (χ2n) is 4.99. The highest BCUT2D eigenvalue weighted by molar-refractivity contribution is 5.77. The molecule has 1 fully saturated rings. The van der Waals surface area contributed by atoms with E-state index in [1.54, 1.807) is 0 Å². The number of rotatable bonds is 6. The molecule has 104 valence electrons. The summed E-state index contributed by atoms with van der Waals surface area (Å²) in [6, 6.07) is 7.00. The van der Waals surface area contributed by atoms with E-state index in [-0.39, 0.29) is 0 Å². The lowest BCUT2D eigenvalue weighted by Gasteiger charge is -2.16. The summed E-state index contributed by atoms with van der Waals surface area (Å²) >= 11 is 0. The van der Waals surface area contributed by atoms with Crippen LogP contribution in [0.5, 0.6) is 5.75 Å². The van der Waals surface area contributed by atoms with Crippen molar-refractivity contribution in [1.29, 1.82) is 0 Å². The number of carbonyl (C=O) groups is 1. The van der Waals surface area contributed by atoms with Crippen molar-refractivity contribution in [3.8, 4) is 5.75 Å². The third kappa shape index (κ3) is 3.88. The maximum absolute atomic E-state index is 10.9. The molecule has 1 aliphatic carbocycles. The normalized spacial score (nSPS) is 17.1. The molecule has 1 aliphatic rings. The predicted molar refractivity (Wildman–Crippen MR) is 74.7 cm³/mol. The first kappa shape index (κ1) is 13.7. The summed E-state index contributed by atoms with van der Waals surface area (Å²) in [5.41, 5.74) is 0.813. The Hall–Kier alpha value is -1.71. The second-order valence-corrected chi connectivity index (χ2v) is 4.99. The van der Waals surface area contributed by atoms with Gasteiger partial charge in [-0.1, -0.05) is 6.92 Å². The minimum absolute atomic E-state index is 0.348. The van der Waals surface area contributed by atoms with E-state index in [1.165, 1.54) is 12.8 Å². The standard InChI is InChI=1S/C15H21NO3/c1-2-14(15(17)18)16-11-7-9-13(10-8-11)19-12-5-3-4-6-12/h7-10,12,14,16H,2-6H2,1H3,(H,17,18). The molecular weight excluding hydrogens is 242 g/mol. The number of hydrogen-bond donors (Lipinski definition) is 2. The number of carboxylic acid groups (broad SMARTS) is 1. The summed E-state index contributed by atoms with van der Waals surface area (Å²) in [5.74, 6) is 0.0367. The molecule has 0 aromatic heterocycles. The van der Waals surface area contributed by atoms with Gasteiger partial charge in [-0.05, 0) is 56.4 Å². The van der Waals surface area contributed by atoms with Crippen LogP contribution in [0.15, 0.2) is 24.3 Å². The smallest absolute Gasteiger partial charge is 0.326 e. The fourth-order valence-electron chi connectivity index (χ4n) is 2.37. The van der Waals surface area contributed by atoms with Gasteiger partial charge >= 0.3 is 5.97 Å². The molecule has 0 spiro atoms. The van der Waals surface area contributed by atoms with Gasteiger partial charge in [0.2, 0.25) is 0 Å². The maximum Gasteiger partial charge on any atom is 0.326 e. The molecule has 0 saturated heterocycles. The molecule has 1 aromatic rings. The monoisotopic (exact) mass is 263 g/mol. The Morgan fingerprint density at radius 2 is 2.00 bits per heavy atom. The lowest BCUT2D eigenvalue weighted by Crippen LogP contribution is -2.28. The molecule has 4 nitrogen and oxygen atoms in total. The molecule has 1 aromatic carbocycles. The van der Waals surface area contributed by atoms with Crippen LogP contribution < -0.4 is 10.1 Å². The SMILES string of the molecule is CCC(Nc1ccc(OC2CCCC2)cc1)C(=O)O. The fourth-order valence-corrected chi connectivity index (χ4v) is 2.37. The van der Waals surface area contributed by atoms with E-state index in [9.17, 15) is 4.79 Å². The highest BCUT2D eigenvalue weighted by atomic mass is 16.5. The summed E-state index contributed by atoms with van der Waals surface area (Å²) in [6.45, 7) is 1.85. The van der Waals surface area contributed by atoms with Crippen LogP contribution in [0.3, 0.4) is 0 Å². The Bertz CT molecular complexity index is 410. The zero-order chi connectivity index (χ0) is 13.7. The van der Waals surface area contributed by atoms with Gasteiger partial charge in [-0.15, -0.1) is 0 Å². The summed E-state index contributed by atoms with van der Waals surface area (Å²) in [6.07, 6.45) is 5.67. The molecule has 1 saturated carbocycles. The van der Waals surface area contributed by atoms with Crippen LogP contribution in [0.2, 0.25) is 0 Å². The van der Waals surface area contributed by atoms with Crippen molar-refractivity contribution in [2.75, 3.05) is 5.32 Å². The van der Waals surface area contributed by atoms with Gasteiger partial charge in [0.05, 0.1) is 6.10 Å². The van der Waals surface area contributed by atoms with E-state index in [4.69, 9.17) is 9.84 Å². The molecule has 0 bridgehead atoms. The predicted octanol–water partition coefficient (Wildman–Crippen LogP) is 3.28. The summed E-state index contributed by atoms with van der Waals surface area (Å²) in [7, 11) is 0. The van der Waals surface area contributed by atoms with Gasteiger partial charge in [-0.3, -0.25) is 0 Å². The molecule has 2 rings (SSSR count). The van der Waals surface area contributed by atoms with Crippen LogP contribution in [-0.4, -0.2) is 23.2 Å². The van der Waals surface area contributed by atoms with Gasteiger partial charge in [0.25, 0.3) is 0 Å². The molecule has 0 amide bonds. The van der Waals surface area contributed by atoms with Gasteiger partial charge in [0.15, 0.2) is 0 Å². The third-order valence-corrected chi connectivity index (χ3v) is 3.51. The van der Waals surface area contributed by atoms with Crippen molar-refractivity contribution >= 4 is 11.7 Å². The molecule has 0 aliphatic heterocycles. The van der Waals surface area contributed by atoms with Crippen LogP contribution in [0, 0.1) is 0 Å². The minimum Gasteiger partial charge on any atom is -0.490 e. The molecule has 0 heterocycles. The Balaban J connectivity index is 1.91. The molecule has 0 radical (unpaired) electrons. The third-order valence-electron chi connectivity index (χ3n) is 3.51. The number of ether oxygens (including phenoxy) is 1. The van der Waals surface area contributed by atoms with Crippen molar-refractivity contribution in [2.45, 2.75) is 51.2 Å². The molecule has 2 N–H and O–H groups in total. The number of nitrogens with one attached hydrogen (secondary N) is 1. The second kappa shape index (κ2) is 6.45.